The third-order valence-electron chi connectivity index (χ3n) is 12.4. The van der Waals surface area contributed by atoms with Gasteiger partial charge in [0.05, 0.1) is 29.9 Å². The Bertz CT molecular complexity index is 1770. The van der Waals surface area contributed by atoms with E-state index < -0.39 is 18.3 Å². The molecule has 7 nitrogen and oxygen atoms in total. The fourth-order valence-electron chi connectivity index (χ4n) is 9.00. The zero-order valence-electron chi connectivity index (χ0n) is 31.9. The van der Waals surface area contributed by atoms with Gasteiger partial charge in [-0.3, -0.25) is 4.79 Å². The molecule has 9 heteroatoms. The van der Waals surface area contributed by atoms with Gasteiger partial charge in [0.2, 0.25) is 0 Å². The van der Waals surface area contributed by atoms with Crippen LogP contribution in [-0.2, 0) is 36.7 Å². The van der Waals surface area contributed by atoms with Crippen LogP contribution in [-0.4, -0.2) is 38.5 Å². The van der Waals surface area contributed by atoms with Crippen molar-refractivity contribution in [1.29, 1.82) is 0 Å². The highest BCUT2D eigenvalue weighted by atomic mass is 35.5. The van der Waals surface area contributed by atoms with Gasteiger partial charge in [0.25, 0.3) is 6.47 Å². The molecule has 4 bridgehead atoms. The Morgan fingerprint density at radius 3 is 2.15 bits per heavy atom. The molecule has 4 aliphatic carbocycles. The van der Waals surface area contributed by atoms with Crippen LogP contribution in [0, 0.1) is 23.7 Å². The van der Waals surface area contributed by atoms with Gasteiger partial charge in [-0.25, -0.2) is 4.57 Å². The molecule has 5 fully saturated rings. The Morgan fingerprint density at radius 2 is 1.53 bits per heavy atom. The minimum atomic E-state index is -0.412. The van der Waals surface area contributed by atoms with Crippen molar-refractivity contribution in [3.05, 3.63) is 93.8 Å². The van der Waals surface area contributed by atoms with Crippen LogP contribution >= 0.6 is 11.6 Å². The summed E-state index contributed by atoms with van der Waals surface area (Å²) in [5.74, 6) is 4.49. The van der Waals surface area contributed by atoms with Gasteiger partial charge in [-0.1, -0.05) is 54.1 Å². The lowest BCUT2D eigenvalue weighted by Crippen LogP contribution is -2.41. The molecule has 0 spiro atoms. The quantitative estimate of drug-likeness (QED) is 0.0511. The summed E-state index contributed by atoms with van der Waals surface area (Å²) in [4.78, 5) is 10.3. The maximum Gasteiger partial charge on any atom is 0.494 e. The predicted molar refractivity (Wildman–Crippen MR) is 210 cm³/mol. The number of halogens is 1. The van der Waals surface area contributed by atoms with Crippen LogP contribution in [0.5, 0.6) is 5.75 Å². The summed E-state index contributed by atoms with van der Waals surface area (Å²) in [5.41, 5.74) is 5.60. The second-order valence-electron chi connectivity index (χ2n) is 16.5. The summed E-state index contributed by atoms with van der Waals surface area (Å²) < 4.78 is 32.4. The van der Waals surface area contributed by atoms with Gasteiger partial charge in [-0.2, -0.15) is 0 Å². The molecule has 53 heavy (non-hydrogen) atoms. The third kappa shape index (κ3) is 8.25. The van der Waals surface area contributed by atoms with E-state index in [1.807, 2.05) is 0 Å². The number of aryl methyl sites for hydroxylation is 1. The molecule has 2 heterocycles. The second kappa shape index (κ2) is 16.0. The predicted octanol–water partition coefficient (Wildman–Crippen LogP) is 8.83. The Labute approximate surface area is 320 Å². The number of aromatic nitrogens is 1. The molecule has 1 saturated heterocycles. The minimum absolute atomic E-state index is 0.355. The molecule has 8 rings (SSSR count). The number of unbranched alkanes of at least 4 members (excludes halogenated alkanes) is 2. The van der Waals surface area contributed by atoms with Gasteiger partial charge in [0, 0.05) is 29.7 Å². The first-order chi connectivity index (χ1) is 25.5. The average Bonchev–Trinajstić information content (AvgIpc) is 3.36. The smallest absolute Gasteiger partial charge is 0.494 e. The Kier molecular flexibility index (Phi) is 11.4. The van der Waals surface area contributed by atoms with Crippen LogP contribution in [0.4, 0.5) is 0 Å². The Hall–Kier alpha value is -3.59. The number of hydrogen-bond donors (Lipinski definition) is 0. The van der Waals surface area contributed by atoms with Crippen LogP contribution in [0.2, 0.25) is 5.02 Å². The molecule has 0 unspecified atom stereocenters. The van der Waals surface area contributed by atoms with Crippen LogP contribution in [0.25, 0.3) is 17.9 Å². The summed E-state index contributed by atoms with van der Waals surface area (Å²) in [6.45, 7) is 10.5. The molecule has 280 valence electrons. The van der Waals surface area contributed by atoms with E-state index in [4.69, 9.17) is 35.1 Å². The molecule has 0 radical (unpaired) electrons. The first-order valence-electron chi connectivity index (χ1n) is 19.5. The number of carbonyl (C=O) groups is 1. The topological polar surface area (TPSA) is 67.1 Å². The summed E-state index contributed by atoms with van der Waals surface area (Å²) in [7, 11) is 1.38. The normalized spacial score (nSPS) is 23.8. The number of nitrogens with zero attached hydrogens (tertiary/aromatic N) is 1. The summed E-state index contributed by atoms with van der Waals surface area (Å²) in [5, 5.41) is 0.587. The van der Waals surface area contributed by atoms with Crippen LogP contribution in [0.15, 0.2) is 66.5 Å². The molecule has 4 saturated carbocycles. The number of hydrogen-bond acceptors (Lipinski definition) is 6. The number of pyridine rings is 1. The molecule has 1 aliphatic heterocycles. The van der Waals surface area contributed by atoms with Crippen molar-refractivity contribution in [2.75, 3.05) is 13.7 Å². The molecule has 0 amide bonds. The maximum absolute atomic E-state index is 10.3. The van der Waals surface area contributed by atoms with Crippen molar-refractivity contribution in [3.63, 3.8) is 0 Å². The zero-order valence-corrected chi connectivity index (χ0v) is 32.7. The molecular weight excluding hydrogens is 685 g/mol. The van der Waals surface area contributed by atoms with E-state index in [9.17, 15) is 4.79 Å². The van der Waals surface area contributed by atoms with Gasteiger partial charge in [-0.05, 0) is 125 Å². The van der Waals surface area contributed by atoms with Crippen molar-refractivity contribution < 1.29 is 32.9 Å². The highest BCUT2D eigenvalue weighted by molar-refractivity contribution is 6.62. The number of ether oxygens (including phenoxy) is 3. The van der Waals surface area contributed by atoms with Crippen LogP contribution in [0.1, 0.15) is 101 Å². The van der Waals surface area contributed by atoms with Crippen LogP contribution in [0.3, 0.4) is 0 Å². The summed E-state index contributed by atoms with van der Waals surface area (Å²) in [6.07, 6.45) is 17.8. The van der Waals surface area contributed by atoms with Gasteiger partial charge in [-0.15, -0.1) is 0 Å². The highest BCUT2D eigenvalue weighted by Gasteiger charge is 2.51. The average molecular weight is 739 g/mol. The molecule has 3 aromatic rings. The van der Waals surface area contributed by atoms with E-state index in [1.165, 1.54) is 37.7 Å². The highest BCUT2D eigenvalue weighted by Crippen LogP contribution is 2.58. The summed E-state index contributed by atoms with van der Waals surface area (Å²) in [6, 6.07) is 16.7. The van der Waals surface area contributed by atoms with Gasteiger partial charge in [0.15, 0.2) is 12.4 Å². The maximum atomic E-state index is 10.3. The van der Waals surface area contributed by atoms with E-state index in [2.05, 4.69) is 105 Å². The van der Waals surface area contributed by atoms with E-state index in [0.29, 0.717) is 42.3 Å². The molecular formula is C44H54BClNO6+. The molecule has 2 aromatic carbocycles. The lowest BCUT2D eigenvalue weighted by atomic mass is 9.54. The first-order valence-corrected chi connectivity index (χ1v) is 19.8. The van der Waals surface area contributed by atoms with Crippen molar-refractivity contribution in [1.82, 2.24) is 0 Å². The fraction of sp³-hybridized carbons (Fsp3) is 0.500. The minimum Gasteiger partial charge on any atom is -0.496 e. The largest absolute Gasteiger partial charge is 0.496 e. The lowest BCUT2D eigenvalue weighted by molar-refractivity contribution is -0.697. The number of rotatable bonds is 15. The SMILES string of the molecule is COC(=C1C2CC3CC(C2)CC1C3)c1ccc(/C=C/c2cc[n+](CCCCCOC=O)cc2)c(OCc2ccc(B3OC(C)(C)C(C)(C)O3)cc2)c1Cl. The van der Waals surface area contributed by atoms with E-state index in [0.717, 1.165) is 71.1 Å². The van der Waals surface area contributed by atoms with Gasteiger partial charge >= 0.3 is 7.12 Å². The number of allylic oxidation sites excluding steroid dienone is 1. The number of benzene rings is 2. The Morgan fingerprint density at radius 1 is 0.868 bits per heavy atom. The van der Waals surface area contributed by atoms with Crippen LogP contribution < -0.4 is 14.8 Å². The monoisotopic (exact) mass is 738 g/mol. The number of carbonyl (C=O) groups excluding carboxylic acids is 1. The molecule has 0 N–H and O–H groups in total. The third-order valence-corrected chi connectivity index (χ3v) is 12.7. The van der Waals surface area contributed by atoms with E-state index in [1.54, 1.807) is 7.11 Å². The fourth-order valence-corrected chi connectivity index (χ4v) is 9.31. The van der Waals surface area contributed by atoms with E-state index in [-0.39, 0.29) is 0 Å². The Balaban J connectivity index is 1.12. The van der Waals surface area contributed by atoms with Crippen molar-refractivity contribution >= 4 is 48.6 Å². The zero-order chi connectivity index (χ0) is 37.2. The number of methoxy groups -OCH3 is 1. The van der Waals surface area contributed by atoms with Gasteiger partial charge < -0.3 is 23.5 Å². The molecule has 5 aliphatic rings. The first kappa shape index (κ1) is 37.7. The van der Waals surface area contributed by atoms with E-state index >= 15 is 0 Å². The second-order valence-corrected chi connectivity index (χ2v) is 16.9. The molecule has 1 aromatic heterocycles. The van der Waals surface area contributed by atoms with Crippen molar-refractivity contribution in [3.8, 4) is 5.75 Å². The molecule has 0 atom stereocenters. The standard InChI is InChI=1S/C44H54BClNO6/c1-43(2)44(3,4)53-45(52-43)37-14-10-31(11-15-37)28-51-41-34(12-9-30-17-20-47(21-18-30)19-7-6-8-22-50-29-48)13-16-38(40(41)46)42(49-5)39-35-24-32-23-33(26-35)27-36(39)25-32/h9-18,20-21,29,32-33,35-36H,6-8,19,22-28H2,1-5H3/q+1/b12-9+,42-39?. The van der Waals surface area contributed by atoms with Crippen molar-refractivity contribution in [2.45, 2.75) is 103 Å². The lowest BCUT2D eigenvalue weighted by Gasteiger charge is -2.51. The van der Waals surface area contributed by atoms with Crippen molar-refractivity contribution in [2.24, 2.45) is 23.7 Å². The van der Waals surface area contributed by atoms with Gasteiger partial charge in [0.1, 0.15) is 24.7 Å². The summed E-state index contributed by atoms with van der Waals surface area (Å²) >= 11 is 7.39.